The van der Waals surface area contributed by atoms with Crippen LogP contribution in [0.15, 0.2) is 18.2 Å². The molecule has 1 unspecified atom stereocenters. The van der Waals surface area contributed by atoms with Gasteiger partial charge in [-0.15, -0.1) is 0 Å². The van der Waals surface area contributed by atoms with E-state index in [0.717, 1.165) is 0 Å². The SMILES string of the molecule is CCCCOC(C(=O)Nc1c(F)c(F)c(C(F)(F)F)c(F)c1F)c1cc(CC(=O)OCC)cc(CC(=O)OCC)c1. The first-order chi connectivity index (χ1) is 19.2. The molecule has 0 aliphatic heterocycles. The standard InChI is InChI=1S/C27H28F7NO6/c1-4-7-8-41-25(26(38)35-24-22(30)20(28)19(27(32,33)34)21(29)23(24)31)16-10-14(12-17(36)39-5-2)9-15(11-16)13-18(37)40-6-3/h9-11,25H,4-8,12-13H2,1-3H3,(H,35,38). The number of carbonyl (C=O) groups excluding carboxylic acids is 3. The minimum atomic E-state index is -5.77. The summed E-state index contributed by atoms with van der Waals surface area (Å²) in [6, 6.07) is 4.07. The van der Waals surface area contributed by atoms with Crippen LogP contribution >= 0.6 is 0 Å². The molecule has 2 aromatic rings. The van der Waals surface area contributed by atoms with Crippen molar-refractivity contribution in [2.45, 2.75) is 58.7 Å². The van der Waals surface area contributed by atoms with Gasteiger partial charge in [-0.2, -0.15) is 13.2 Å². The maximum absolute atomic E-state index is 14.5. The van der Waals surface area contributed by atoms with Gasteiger partial charge >= 0.3 is 18.1 Å². The molecule has 1 amide bonds. The summed E-state index contributed by atoms with van der Waals surface area (Å²) in [6.45, 7) is 4.98. The van der Waals surface area contributed by atoms with E-state index >= 15 is 0 Å². The number of amides is 1. The lowest BCUT2D eigenvalue weighted by Crippen LogP contribution is -2.27. The van der Waals surface area contributed by atoms with Crippen LogP contribution in [-0.4, -0.2) is 37.7 Å². The summed E-state index contributed by atoms with van der Waals surface area (Å²) in [5.74, 6) is -13.1. The Hall–Kier alpha value is -3.68. The fourth-order valence-corrected chi connectivity index (χ4v) is 3.75. The molecule has 0 fully saturated rings. The van der Waals surface area contributed by atoms with Crippen LogP contribution in [0.25, 0.3) is 0 Å². The molecule has 0 aliphatic rings. The number of alkyl halides is 3. The van der Waals surface area contributed by atoms with Gasteiger partial charge in [0.1, 0.15) is 11.3 Å². The summed E-state index contributed by atoms with van der Waals surface area (Å²) >= 11 is 0. The number of esters is 2. The van der Waals surface area contributed by atoms with Gasteiger partial charge < -0.3 is 19.5 Å². The van der Waals surface area contributed by atoms with Crippen molar-refractivity contribution in [1.82, 2.24) is 0 Å². The van der Waals surface area contributed by atoms with E-state index in [2.05, 4.69) is 0 Å². The van der Waals surface area contributed by atoms with E-state index in [9.17, 15) is 45.1 Å². The number of rotatable bonds is 13. The molecule has 2 rings (SSSR count). The van der Waals surface area contributed by atoms with Crippen LogP contribution in [0, 0.1) is 23.3 Å². The van der Waals surface area contributed by atoms with Gasteiger partial charge in [0.2, 0.25) is 0 Å². The molecule has 0 saturated heterocycles. The Balaban J connectivity index is 2.59. The highest BCUT2D eigenvalue weighted by atomic mass is 19.4. The molecular weight excluding hydrogens is 567 g/mol. The van der Waals surface area contributed by atoms with Crippen LogP contribution in [0.5, 0.6) is 0 Å². The van der Waals surface area contributed by atoms with Crippen molar-refractivity contribution >= 4 is 23.5 Å². The van der Waals surface area contributed by atoms with E-state index in [4.69, 9.17) is 14.2 Å². The normalized spacial score (nSPS) is 12.1. The maximum atomic E-state index is 14.5. The minimum absolute atomic E-state index is 0.0339. The summed E-state index contributed by atoms with van der Waals surface area (Å²) in [6.07, 6.45) is -7.13. The molecule has 7 nitrogen and oxygen atoms in total. The van der Waals surface area contributed by atoms with E-state index in [0.29, 0.717) is 12.8 Å². The quantitative estimate of drug-likeness (QED) is 0.133. The summed E-state index contributed by atoms with van der Waals surface area (Å²) in [4.78, 5) is 37.4. The number of halogens is 7. The third kappa shape index (κ3) is 8.90. The molecule has 226 valence electrons. The molecule has 0 saturated carbocycles. The smallest absolute Gasteiger partial charge is 0.422 e. The zero-order valence-electron chi connectivity index (χ0n) is 22.4. The maximum Gasteiger partial charge on any atom is 0.422 e. The van der Waals surface area contributed by atoms with Crippen LogP contribution in [0.4, 0.5) is 36.4 Å². The van der Waals surface area contributed by atoms with Gasteiger partial charge in [-0.3, -0.25) is 14.4 Å². The number of benzene rings is 2. The van der Waals surface area contributed by atoms with Gasteiger partial charge in [-0.1, -0.05) is 31.5 Å². The van der Waals surface area contributed by atoms with Crippen LogP contribution in [0.1, 0.15) is 62.0 Å². The van der Waals surface area contributed by atoms with Crippen LogP contribution in [0.3, 0.4) is 0 Å². The zero-order chi connectivity index (χ0) is 30.9. The summed E-state index contributed by atoms with van der Waals surface area (Å²) in [5.41, 5.74) is -4.12. The first-order valence-corrected chi connectivity index (χ1v) is 12.5. The molecule has 0 aromatic heterocycles. The van der Waals surface area contributed by atoms with Crippen molar-refractivity contribution in [3.63, 3.8) is 0 Å². The van der Waals surface area contributed by atoms with Crippen LogP contribution < -0.4 is 5.32 Å². The molecule has 0 spiro atoms. The number of hydrogen-bond donors (Lipinski definition) is 1. The first-order valence-electron chi connectivity index (χ1n) is 12.5. The highest BCUT2D eigenvalue weighted by Gasteiger charge is 2.43. The monoisotopic (exact) mass is 595 g/mol. The second-order valence-electron chi connectivity index (χ2n) is 8.64. The number of anilines is 1. The molecular formula is C27H28F7NO6. The fraction of sp³-hybridized carbons (Fsp3) is 0.444. The first kappa shape index (κ1) is 33.5. The predicted molar refractivity (Wildman–Crippen MR) is 131 cm³/mol. The van der Waals surface area contributed by atoms with Crippen molar-refractivity contribution in [3.8, 4) is 0 Å². The van der Waals surface area contributed by atoms with Crippen molar-refractivity contribution in [1.29, 1.82) is 0 Å². The average molecular weight is 596 g/mol. The second kappa shape index (κ2) is 14.8. The van der Waals surface area contributed by atoms with Crippen molar-refractivity contribution in [2.75, 3.05) is 25.1 Å². The Morgan fingerprint density at radius 1 is 0.805 bits per heavy atom. The fourth-order valence-electron chi connectivity index (χ4n) is 3.75. The van der Waals surface area contributed by atoms with E-state index < -0.39 is 64.6 Å². The molecule has 0 radical (unpaired) electrons. The Kier molecular flexibility index (Phi) is 12.1. The van der Waals surface area contributed by atoms with Gasteiger partial charge in [-0.05, 0) is 37.0 Å². The van der Waals surface area contributed by atoms with Crippen molar-refractivity contribution < 1.29 is 59.3 Å². The van der Waals surface area contributed by atoms with Crippen molar-refractivity contribution in [3.05, 3.63) is 63.7 Å². The largest absolute Gasteiger partial charge is 0.466 e. The molecule has 0 heterocycles. The number of unbranched alkanes of at least 4 members (excludes halogenated alkanes) is 1. The summed E-state index contributed by atoms with van der Waals surface area (Å²) in [5, 5.41) is 1.58. The molecule has 0 aliphatic carbocycles. The van der Waals surface area contributed by atoms with Gasteiger partial charge in [0.05, 0.1) is 26.1 Å². The number of nitrogens with one attached hydrogen (secondary N) is 1. The number of hydrogen-bond acceptors (Lipinski definition) is 6. The van der Waals surface area contributed by atoms with E-state index in [1.165, 1.54) is 18.2 Å². The molecule has 0 bridgehead atoms. The third-order valence-corrected chi connectivity index (χ3v) is 5.50. The third-order valence-electron chi connectivity index (χ3n) is 5.50. The Bertz CT molecular complexity index is 1200. The minimum Gasteiger partial charge on any atom is -0.466 e. The molecule has 1 atom stereocenters. The summed E-state index contributed by atoms with van der Waals surface area (Å²) in [7, 11) is 0. The average Bonchev–Trinajstić information content (AvgIpc) is 2.87. The topological polar surface area (TPSA) is 90.9 Å². The van der Waals surface area contributed by atoms with Gasteiger partial charge in [0.25, 0.3) is 5.91 Å². The lowest BCUT2D eigenvalue weighted by atomic mass is 9.98. The van der Waals surface area contributed by atoms with Gasteiger partial charge in [0.15, 0.2) is 29.4 Å². The lowest BCUT2D eigenvalue weighted by molar-refractivity contribution is -0.143. The predicted octanol–water partition coefficient (Wildman–Crippen LogP) is 5.97. The molecule has 1 N–H and O–H groups in total. The summed E-state index contributed by atoms with van der Waals surface area (Å²) < 4.78 is 111. The Morgan fingerprint density at radius 2 is 1.29 bits per heavy atom. The van der Waals surface area contributed by atoms with E-state index in [-0.39, 0.29) is 49.4 Å². The van der Waals surface area contributed by atoms with E-state index in [1.54, 1.807) is 26.1 Å². The lowest BCUT2D eigenvalue weighted by Gasteiger charge is -2.21. The Morgan fingerprint density at radius 3 is 1.71 bits per heavy atom. The number of carbonyl (C=O) groups is 3. The van der Waals surface area contributed by atoms with Gasteiger partial charge in [0, 0.05) is 6.61 Å². The highest BCUT2D eigenvalue weighted by Crippen LogP contribution is 2.39. The van der Waals surface area contributed by atoms with E-state index in [1.807, 2.05) is 0 Å². The van der Waals surface area contributed by atoms with Crippen LogP contribution in [0.2, 0.25) is 0 Å². The van der Waals surface area contributed by atoms with Crippen LogP contribution in [-0.2, 0) is 47.6 Å². The second-order valence-corrected chi connectivity index (χ2v) is 8.64. The molecule has 41 heavy (non-hydrogen) atoms. The number of ether oxygens (including phenoxy) is 3. The zero-order valence-corrected chi connectivity index (χ0v) is 22.4. The molecule has 2 aromatic carbocycles. The van der Waals surface area contributed by atoms with Gasteiger partial charge in [-0.25, -0.2) is 17.6 Å². The highest BCUT2D eigenvalue weighted by molar-refractivity contribution is 5.95. The van der Waals surface area contributed by atoms with Crippen molar-refractivity contribution in [2.24, 2.45) is 0 Å². The molecule has 14 heteroatoms. The Labute approximate surface area is 230 Å².